The lowest BCUT2D eigenvalue weighted by Crippen LogP contribution is -2.41. The van der Waals surface area contributed by atoms with Crippen molar-refractivity contribution in [1.29, 1.82) is 0 Å². The number of carbonyl (C=O) groups is 2. The van der Waals surface area contributed by atoms with Gasteiger partial charge in [-0.1, -0.05) is 0 Å². The van der Waals surface area contributed by atoms with Crippen LogP contribution in [0.15, 0.2) is 18.3 Å². The van der Waals surface area contributed by atoms with Crippen LogP contribution < -0.4 is 0 Å². The third-order valence-electron chi connectivity index (χ3n) is 2.48. The maximum absolute atomic E-state index is 13.5. The summed E-state index contributed by atoms with van der Waals surface area (Å²) in [4.78, 5) is 28.3. The molecule has 19 heavy (non-hydrogen) atoms. The van der Waals surface area contributed by atoms with E-state index in [1.54, 1.807) is 20.8 Å². The van der Waals surface area contributed by atoms with Crippen molar-refractivity contribution < 1.29 is 18.7 Å². The van der Waals surface area contributed by atoms with Crippen LogP contribution in [-0.4, -0.2) is 41.0 Å². The SMILES string of the molecule is CCOC(=O)CN(C(=O)c1cccnc1F)C(C)C. The Hall–Kier alpha value is -1.98. The molecular formula is C13H17FN2O3. The molecule has 1 amide bonds. The average molecular weight is 268 g/mol. The summed E-state index contributed by atoms with van der Waals surface area (Å²) in [6, 6.07) is 2.56. The van der Waals surface area contributed by atoms with Crippen LogP contribution in [0, 0.1) is 5.95 Å². The number of halogens is 1. The van der Waals surface area contributed by atoms with E-state index in [1.807, 2.05) is 0 Å². The molecule has 1 aromatic heterocycles. The third kappa shape index (κ3) is 4.01. The number of carbonyl (C=O) groups excluding carboxylic acids is 2. The topological polar surface area (TPSA) is 59.5 Å². The molecule has 5 nitrogen and oxygen atoms in total. The molecule has 0 saturated heterocycles. The smallest absolute Gasteiger partial charge is 0.325 e. The van der Waals surface area contributed by atoms with E-state index >= 15 is 0 Å². The lowest BCUT2D eigenvalue weighted by molar-refractivity contribution is -0.144. The highest BCUT2D eigenvalue weighted by atomic mass is 19.1. The first-order chi connectivity index (χ1) is 8.97. The van der Waals surface area contributed by atoms with Crippen LogP contribution in [0.5, 0.6) is 0 Å². The van der Waals surface area contributed by atoms with Gasteiger partial charge >= 0.3 is 5.97 Å². The summed E-state index contributed by atoms with van der Waals surface area (Å²) >= 11 is 0. The van der Waals surface area contributed by atoms with Crippen molar-refractivity contribution in [2.45, 2.75) is 26.8 Å². The van der Waals surface area contributed by atoms with Gasteiger partial charge in [0.25, 0.3) is 5.91 Å². The first-order valence-electron chi connectivity index (χ1n) is 6.04. The minimum atomic E-state index is -0.845. The van der Waals surface area contributed by atoms with Crippen LogP contribution in [0.3, 0.4) is 0 Å². The summed E-state index contributed by atoms with van der Waals surface area (Å²) in [5.41, 5.74) is -0.152. The predicted octanol–water partition coefficient (Wildman–Crippen LogP) is 1.63. The van der Waals surface area contributed by atoms with Gasteiger partial charge in [0.2, 0.25) is 5.95 Å². The fourth-order valence-corrected chi connectivity index (χ4v) is 1.53. The van der Waals surface area contributed by atoms with Crippen molar-refractivity contribution in [3.63, 3.8) is 0 Å². The summed E-state index contributed by atoms with van der Waals surface area (Å²) in [6.07, 6.45) is 1.26. The molecule has 1 heterocycles. The number of aromatic nitrogens is 1. The molecule has 0 radical (unpaired) electrons. The largest absolute Gasteiger partial charge is 0.465 e. The molecule has 0 aliphatic heterocycles. The Morgan fingerprint density at radius 3 is 2.68 bits per heavy atom. The number of hydrogen-bond acceptors (Lipinski definition) is 4. The second-order valence-corrected chi connectivity index (χ2v) is 4.17. The Morgan fingerprint density at radius 2 is 2.16 bits per heavy atom. The van der Waals surface area contributed by atoms with E-state index in [-0.39, 0.29) is 24.8 Å². The van der Waals surface area contributed by atoms with E-state index in [9.17, 15) is 14.0 Å². The second kappa shape index (κ2) is 6.82. The fraction of sp³-hybridized carbons (Fsp3) is 0.462. The van der Waals surface area contributed by atoms with E-state index in [0.29, 0.717) is 0 Å². The first kappa shape index (κ1) is 15.1. The number of rotatable bonds is 5. The Balaban J connectivity index is 2.91. The van der Waals surface area contributed by atoms with Gasteiger partial charge in [0, 0.05) is 12.2 Å². The van der Waals surface area contributed by atoms with E-state index in [2.05, 4.69) is 4.98 Å². The number of nitrogens with zero attached hydrogens (tertiary/aromatic N) is 2. The van der Waals surface area contributed by atoms with Crippen LogP contribution in [0.25, 0.3) is 0 Å². The summed E-state index contributed by atoms with van der Waals surface area (Å²) in [5.74, 6) is -1.94. The molecule has 0 spiro atoms. The van der Waals surface area contributed by atoms with Crippen LogP contribution in [0.4, 0.5) is 4.39 Å². The van der Waals surface area contributed by atoms with Crippen LogP contribution in [-0.2, 0) is 9.53 Å². The maximum Gasteiger partial charge on any atom is 0.325 e. The van der Waals surface area contributed by atoms with Gasteiger partial charge in [-0.3, -0.25) is 9.59 Å². The monoisotopic (exact) mass is 268 g/mol. The van der Waals surface area contributed by atoms with Crippen molar-refractivity contribution in [3.8, 4) is 0 Å². The van der Waals surface area contributed by atoms with Crippen molar-refractivity contribution in [2.24, 2.45) is 0 Å². The Kier molecular flexibility index (Phi) is 5.41. The fourth-order valence-electron chi connectivity index (χ4n) is 1.53. The molecule has 0 fully saturated rings. The highest BCUT2D eigenvalue weighted by Gasteiger charge is 2.24. The molecule has 0 saturated carbocycles. The summed E-state index contributed by atoms with van der Waals surface area (Å²) in [5, 5.41) is 0. The van der Waals surface area contributed by atoms with Gasteiger partial charge in [-0.05, 0) is 32.9 Å². The zero-order valence-electron chi connectivity index (χ0n) is 11.2. The normalized spacial score (nSPS) is 10.4. The molecule has 0 bridgehead atoms. The standard InChI is InChI=1S/C13H17FN2O3/c1-4-19-11(17)8-16(9(2)3)13(18)10-6-5-7-15-12(10)14/h5-7,9H,4,8H2,1-3H3. The lowest BCUT2D eigenvalue weighted by Gasteiger charge is -2.25. The van der Waals surface area contributed by atoms with Gasteiger partial charge in [0.15, 0.2) is 0 Å². The first-order valence-corrected chi connectivity index (χ1v) is 6.04. The van der Waals surface area contributed by atoms with Crippen molar-refractivity contribution in [2.75, 3.05) is 13.2 Å². The average Bonchev–Trinajstić information content (AvgIpc) is 2.36. The van der Waals surface area contributed by atoms with E-state index in [0.717, 1.165) is 0 Å². The minimum Gasteiger partial charge on any atom is -0.465 e. The molecular weight excluding hydrogens is 251 g/mol. The molecule has 0 N–H and O–H groups in total. The van der Waals surface area contributed by atoms with Crippen LogP contribution >= 0.6 is 0 Å². The second-order valence-electron chi connectivity index (χ2n) is 4.17. The molecule has 0 unspecified atom stereocenters. The number of ether oxygens (including phenoxy) is 1. The lowest BCUT2D eigenvalue weighted by atomic mass is 10.2. The van der Waals surface area contributed by atoms with Gasteiger partial charge in [-0.25, -0.2) is 4.98 Å². The van der Waals surface area contributed by atoms with E-state index < -0.39 is 17.8 Å². The van der Waals surface area contributed by atoms with Gasteiger partial charge in [-0.2, -0.15) is 4.39 Å². The molecule has 6 heteroatoms. The molecule has 1 aromatic rings. The van der Waals surface area contributed by atoms with Gasteiger partial charge in [-0.15, -0.1) is 0 Å². The molecule has 104 valence electrons. The van der Waals surface area contributed by atoms with Gasteiger partial charge < -0.3 is 9.64 Å². The maximum atomic E-state index is 13.5. The summed E-state index contributed by atoms with van der Waals surface area (Å²) < 4.78 is 18.3. The van der Waals surface area contributed by atoms with Crippen molar-refractivity contribution >= 4 is 11.9 Å². The van der Waals surface area contributed by atoms with Crippen LogP contribution in [0.1, 0.15) is 31.1 Å². The Bertz CT molecular complexity index is 463. The third-order valence-corrected chi connectivity index (χ3v) is 2.48. The van der Waals surface area contributed by atoms with E-state index in [1.165, 1.54) is 23.2 Å². The number of esters is 1. The minimum absolute atomic E-state index is 0.152. The molecule has 0 aromatic carbocycles. The van der Waals surface area contributed by atoms with Crippen molar-refractivity contribution in [1.82, 2.24) is 9.88 Å². The zero-order valence-corrected chi connectivity index (χ0v) is 11.2. The Labute approximate surface area is 111 Å². The predicted molar refractivity (Wildman–Crippen MR) is 67.0 cm³/mol. The quantitative estimate of drug-likeness (QED) is 0.601. The number of hydrogen-bond donors (Lipinski definition) is 0. The van der Waals surface area contributed by atoms with Crippen molar-refractivity contribution in [3.05, 3.63) is 29.8 Å². The van der Waals surface area contributed by atoms with Crippen LogP contribution in [0.2, 0.25) is 0 Å². The molecule has 0 aliphatic rings. The molecule has 1 rings (SSSR count). The highest BCUT2D eigenvalue weighted by Crippen LogP contribution is 2.10. The van der Waals surface area contributed by atoms with Gasteiger partial charge in [0.05, 0.1) is 12.2 Å². The Morgan fingerprint density at radius 1 is 1.47 bits per heavy atom. The number of amides is 1. The summed E-state index contributed by atoms with van der Waals surface area (Å²) in [7, 11) is 0. The van der Waals surface area contributed by atoms with E-state index in [4.69, 9.17) is 4.74 Å². The molecule has 0 atom stereocenters. The molecule has 0 aliphatic carbocycles. The highest BCUT2D eigenvalue weighted by molar-refractivity contribution is 5.96. The zero-order chi connectivity index (χ0) is 14.4. The van der Waals surface area contributed by atoms with Gasteiger partial charge in [0.1, 0.15) is 6.54 Å². The summed E-state index contributed by atoms with van der Waals surface area (Å²) in [6.45, 7) is 5.19. The number of pyridine rings is 1.